The molecule has 80 valence electrons. The quantitative estimate of drug-likeness (QED) is 0.811. The minimum absolute atomic E-state index is 0. The molecule has 0 bridgehead atoms. The molecule has 0 saturated carbocycles. The number of nitrogens with one attached hydrogen (secondary N) is 1. The molecule has 14 heavy (non-hydrogen) atoms. The molecule has 1 aromatic heterocycles. The maximum atomic E-state index is 11.3. The third-order valence-electron chi connectivity index (χ3n) is 1.64. The van der Waals surface area contributed by atoms with Crippen molar-refractivity contribution in [3.63, 3.8) is 0 Å². The first-order valence-corrected chi connectivity index (χ1v) is 4.83. The predicted octanol–water partition coefficient (Wildman–Crippen LogP) is 1.25. The SMILES string of the molecule is CNC(=O)c1sc(C(C)N)nc1C.Cl. The van der Waals surface area contributed by atoms with Crippen LogP contribution in [-0.4, -0.2) is 17.9 Å². The molecule has 3 N–H and O–H groups in total. The summed E-state index contributed by atoms with van der Waals surface area (Å²) in [6.45, 7) is 3.67. The predicted molar refractivity (Wildman–Crippen MR) is 60.1 cm³/mol. The van der Waals surface area contributed by atoms with Gasteiger partial charge in [-0.2, -0.15) is 0 Å². The fraction of sp³-hybridized carbons (Fsp3) is 0.500. The van der Waals surface area contributed by atoms with Crippen molar-refractivity contribution in [3.05, 3.63) is 15.6 Å². The summed E-state index contributed by atoms with van der Waals surface area (Å²) in [5, 5.41) is 3.37. The van der Waals surface area contributed by atoms with E-state index in [1.165, 1.54) is 11.3 Å². The fourth-order valence-electron chi connectivity index (χ4n) is 0.936. The number of carbonyl (C=O) groups excluding carboxylic acids is 1. The van der Waals surface area contributed by atoms with Gasteiger partial charge >= 0.3 is 0 Å². The van der Waals surface area contributed by atoms with Crippen molar-refractivity contribution in [2.24, 2.45) is 5.73 Å². The number of hydrogen-bond acceptors (Lipinski definition) is 4. The molecule has 0 aliphatic heterocycles. The van der Waals surface area contributed by atoms with Gasteiger partial charge in [-0.05, 0) is 13.8 Å². The smallest absolute Gasteiger partial charge is 0.263 e. The molecule has 0 saturated heterocycles. The first-order valence-electron chi connectivity index (χ1n) is 4.01. The van der Waals surface area contributed by atoms with Crippen LogP contribution in [0.1, 0.15) is 33.3 Å². The molecule has 1 unspecified atom stereocenters. The Hall–Kier alpha value is -0.650. The molecular formula is C8H14ClN3OS. The highest BCUT2D eigenvalue weighted by Gasteiger charge is 2.15. The number of thiazole rings is 1. The molecule has 1 atom stereocenters. The first kappa shape index (κ1) is 13.4. The van der Waals surface area contributed by atoms with E-state index in [1.54, 1.807) is 7.05 Å². The maximum absolute atomic E-state index is 11.3. The average Bonchev–Trinajstić information content (AvgIpc) is 2.46. The van der Waals surface area contributed by atoms with Crippen LogP contribution in [0.4, 0.5) is 0 Å². The minimum atomic E-state index is -0.109. The van der Waals surface area contributed by atoms with Crippen LogP contribution in [0.2, 0.25) is 0 Å². The number of amides is 1. The lowest BCUT2D eigenvalue weighted by Crippen LogP contribution is -2.17. The maximum Gasteiger partial charge on any atom is 0.263 e. The van der Waals surface area contributed by atoms with Gasteiger partial charge in [0.05, 0.1) is 11.7 Å². The van der Waals surface area contributed by atoms with E-state index in [1.807, 2.05) is 13.8 Å². The first-order chi connectivity index (χ1) is 6.06. The number of nitrogens with zero attached hydrogens (tertiary/aromatic N) is 1. The van der Waals surface area contributed by atoms with E-state index in [9.17, 15) is 4.79 Å². The van der Waals surface area contributed by atoms with Crippen LogP contribution in [0.3, 0.4) is 0 Å². The highest BCUT2D eigenvalue weighted by Crippen LogP contribution is 2.21. The van der Waals surface area contributed by atoms with E-state index in [-0.39, 0.29) is 24.4 Å². The van der Waals surface area contributed by atoms with Gasteiger partial charge in [-0.3, -0.25) is 4.79 Å². The average molecular weight is 236 g/mol. The third kappa shape index (κ3) is 2.67. The highest BCUT2D eigenvalue weighted by molar-refractivity contribution is 7.13. The second-order valence-electron chi connectivity index (χ2n) is 2.83. The monoisotopic (exact) mass is 235 g/mol. The Balaban J connectivity index is 0.00000169. The van der Waals surface area contributed by atoms with Crippen LogP contribution >= 0.6 is 23.7 Å². The summed E-state index contributed by atoms with van der Waals surface area (Å²) >= 11 is 1.35. The van der Waals surface area contributed by atoms with Crippen LogP contribution in [-0.2, 0) is 0 Å². The summed E-state index contributed by atoms with van der Waals surface area (Å²) in [4.78, 5) is 16.1. The number of aryl methyl sites for hydroxylation is 1. The van der Waals surface area contributed by atoms with Crippen molar-refractivity contribution < 1.29 is 4.79 Å². The van der Waals surface area contributed by atoms with E-state index >= 15 is 0 Å². The van der Waals surface area contributed by atoms with Crippen molar-refractivity contribution in [2.75, 3.05) is 7.05 Å². The van der Waals surface area contributed by atoms with Gasteiger partial charge in [0.15, 0.2) is 0 Å². The molecule has 0 aromatic carbocycles. The molecule has 0 radical (unpaired) electrons. The van der Waals surface area contributed by atoms with Crippen LogP contribution in [0, 0.1) is 6.92 Å². The molecular weight excluding hydrogens is 222 g/mol. The summed E-state index contributed by atoms with van der Waals surface area (Å²) in [5.74, 6) is -0.0955. The highest BCUT2D eigenvalue weighted by atomic mass is 35.5. The molecule has 0 aliphatic carbocycles. The molecule has 1 rings (SSSR count). The second-order valence-corrected chi connectivity index (χ2v) is 3.87. The van der Waals surface area contributed by atoms with Crippen molar-refractivity contribution in [3.8, 4) is 0 Å². The fourth-order valence-corrected chi connectivity index (χ4v) is 1.90. The lowest BCUT2D eigenvalue weighted by atomic mass is 10.3. The topological polar surface area (TPSA) is 68.0 Å². The molecule has 0 fully saturated rings. The van der Waals surface area contributed by atoms with Gasteiger partial charge in [0, 0.05) is 7.05 Å². The Bertz CT molecular complexity index is 324. The number of halogens is 1. The normalized spacial score (nSPS) is 11.7. The van der Waals surface area contributed by atoms with Gasteiger partial charge in [0.1, 0.15) is 9.88 Å². The zero-order valence-corrected chi connectivity index (χ0v) is 9.96. The Morgan fingerprint density at radius 3 is 2.57 bits per heavy atom. The second kappa shape index (κ2) is 5.29. The van der Waals surface area contributed by atoms with Crippen LogP contribution in [0.15, 0.2) is 0 Å². The number of hydrogen-bond donors (Lipinski definition) is 2. The summed E-state index contributed by atoms with van der Waals surface area (Å²) in [5.41, 5.74) is 6.40. The summed E-state index contributed by atoms with van der Waals surface area (Å²) in [6.07, 6.45) is 0. The molecule has 6 heteroatoms. The van der Waals surface area contributed by atoms with Gasteiger partial charge < -0.3 is 11.1 Å². The number of rotatable bonds is 2. The van der Waals surface area contributed by atoms with Crippen molar-refractivity contribution in [2.45, 2.75) is 19.9 Å². The van der Waals surface area contributed by atoms with Crippen molar-refractivity contribution in [1.29, 1.82) is 0 Å². The molecule has 1 heterocycles. The van der Waals surface area contributed by atoms with Crippen molar-refractivity contribution >= 4 is 29.7 Å². The Labute approximate surface area is 93.3 Å². The lowest BCUT2D eigenvalue weighted by Gasteiger charge is -1.96. The molecule has 1 amide bonds. The Morgan fingerprint density at radius 2 is 2.21 bits per heavy atom. The van der Waals surface area contributed by atoms with Gasteiger partial charge in [-0.25, -0.2) is 4.98 Å². The van der Waals surface area contributed by atoms with E-state index in [0.29, 0.717) is 4.88 Å². The summed E-state index contributed by atoms with van der Waals surface area (Å²) in [6, 6.07) is -0.109. The Kier molecular flexibility index (Phi) is 5.04. The number of aromatic nitrogens is 1. The van der Waals surface area contributed by atoms with Gasteiger partial charge in [-0.1, -0.05) is 0 Å². The molecule has 1 aromatic rings. The van der Waals surface area contributed by atoms with E-state index in [2.05, 4.69) is 10.3 Å². The van der Waals surface area contributed by atoms with E-state index in [0.717, 1.165) is 10.7 Å². The van der Waals surface area contributed by atoms with Gasteiger partial charge in [0.2, 0.25) is 0 Å². The molecule has 0 aliphatic rings. The molecule has 0 spiro atoms. The molecule has 4 nitrogen and oxygen atoms in total. The van der Waals surface area contributed by atoms with Crippen LogP contribution in [0.5, 0.6) is 0 Å². The van der Waals surface area contributed by atoms with E-state index < -0.39 is 0 Å². The number of nitrogens with two attached hydrogens (primary N) is 1. The zero-order chi connectivity index (χ0) is 10.0. The number of carbonyl (C=O) groups is 1. The summed E-state index contributed by atoms with van der Waals surface area (Å²) < 4.78 is 0. The standard InChI is InChI=1S/C8H13N3OS.ClH/c1-4(9)8-11-5(2)6(13-8)7(12)10-3;/h4H,9H2,1-3H3,(H,10,12);1H. The van der Waals surface area contributed by atoms with Crippen LogP contribution in [0.25, 0.3) is 0 Å². The van der Waals surface area contributed by atoms with Crippen LogP contribution < -0.4 is 11.1 Å². The minimum Gasteiger partial charge on any atom is -0.354 e. The summed E-state index contributed by atoms with van der Waals surface area (Å²) in [7, 11) is 1.60. The van der Waals surface area contributed by atoms with Crippen molar-refractivity contribution in [1.82, 2.24) is 10.3 Å². The third-order valence-corrected chi connectivity index (χ3v) is 2.99. The van der Waals surface area contributed by atoms with E-state index in [4.69, 9.17) is 5.73 Å². The largest absolute Gasteiger partial charge is 0.354 e. The lowest BCUT2D eigenvalue weighted by molar-refractivity contribution is 0.0966. The zero-order valence-electron chi connectivity index (χ0n) is 8.33. The van der Waals surface area contributed by atoms with Gasteiger partial charge in [-0.15, -0.1) is 23.7 Å². The van der Waals surface area contributed by atoms with Gasteiger partial charge in [0.25, 0.3) is 5.91 Å². The Morgan fingerprint density at radius 1 is 1.64 bits per heavy atom.